The SMILES string of the molecule is Cc1cccc(N2CC(C(=O)NC(C)(C)CCC(=O)O)CC2=O)c1C. The average Bonchev–Trinajstić information content (AvgIpc) is 2.90. The number of carboxylic acid groups (broad SMARTS) is 1. The maximum absolute atomic E-state index is 12.5. The summed E-state index contributed by atoms with van der Waals surface area (Å²) in [6.45, 7) is 7.92. The Bertz CT molecular complexity index is 697. The van der Waals surface area contributed by atoms with Gasteiger partial charge in [-0.2, -0.15) is 0 Å². The summed E-state index contributed by atoms with van der Waals surface area (Å²) >= 11 is 0. The number of nitrogens with zero attached hydrogens (tertiary/aromatic N) is 1. The molecule has 1 aromatic rings. The topological polar surface area (TPSA) is 86.7 Å². The molecule has 1 fully saturated rings. The Labute approximate surface area is 148 Å². The Kier molecular flexibility index (Phi) is 5.50. The molecule has 6 heteroatoms. The minimum atomic E-state index is -0.889. The van der Waals surface area contributed by atoms with Gasteiger partial charge >= 0.3 is 5.97 Å². The maximum Gasteiger partial charge on any atom is 0.303 e. The number of rotatable bonds is 6. The second kappa shape index (κ2) is 7.25. The Balaban J connectivity index is 2.05. The number of nitrogens with one attached hydrogen (secondary N) is 1. The van der Waals surface area contributed by atoms with Crippen LogP contribution in [0.3, 0.4) is 0 Å². The number of carbonyl (C=O) groups is 3. The van der Waals surface area contributed by atoms with Crippen LogP contribution in [0.15, 0.2) is 18.2 Å². The van der Waals surface area contributed by atoms with Gasteiger partial charge in [0.1, 0.15) is 0 Å². The lowest BCUT2D eigenvalue weighted by Gasteiger charge is -2.27. The molecule has 1 atom stereocenters. The smallest absolute Gasteiger partial charge is 0.303 e. The van der Waals surface area contributed by atoms with Crippen molar-refractivity contribution in [3.05, 3.63) is 29.3 Å². The van der Waals surface area contributed by atoms with Crippen LogP contribution in [0, 0.1) is 19.8 Å². The van der Waals surface area contributed by atoms with Gasteiger partial charge in [-0.25, -0.2) is 0 Å². The van der Waals surface area contributed by atoms with Gasteiger partial charge in [0.25, 0.3) is 0 Å². The number of amides is 2. The van der Waals surface area contributed by atoms with Crippen molar-refractivity contribution in [2.24, 2.45) is 5.92 Å². The number of benzene rings is 1. The molecule has 1 aliphatic rings. The second-order valence-electron chi connectivity index (χ2n) is 7.39. The zero-order valence-corrected chi connectivity index (χ0v) is 15.3. The fraction of sp³-hybridized carbons (Fsp3) is 0.526. The van der Waals surface area contributed by atoms with Crippen LogP contribution in [-0.2, 0) is 14.4 Å². The van der Waals surface area contributed by atoms with Crippen molar-refractivity contribution in [3.63, 3.8) is 0 Å². The highest BCUT2D eigenvalue weighted by Crippen LogP contribution is 2.29. The third-order valence-corrected chi connectivity index (χ3v) is 4.79. The van der Waals surface area contributed by atoms with Crippen molar-refractivity contribution in [1.82, 2.24) is 5.32 Å². The van der Waals surface area contributed by atoms with Gasteiger partial charge in [-0.3, -0.25) is 14.4 Å². The van der Waals surface area contributed by atoms with Crippen molar-refractivity contribution in [3.8, 4) is 0 Å². The molecule has 0 radical (unpaired) electrons. The van der Waals surface area contributed by atoms with Crippen LogP contribution in [0.1, 0.15) is 44.2 Å². The number of anilines is 1. The summed E-state index contributed by atoms with van der Waals surface area (Å²) in [7, 11) is 0. The molecule has 1 heterocycles. The van der Waals surface area contributed by atoms with Gasteiger partial charge in [0, 0.05) is 30.6 Å². The van der Waals surface area contributed by atoms with Crippen molar-refractivity contribution >= 4 is 23.5 Å². The molecule has 0 aromatic heterocycles. The first-order valence-electron chi connectivity index (χ1n) is 8.51. The zero-order chi connectivity index (χ0) is 18.8. The van der Waals surface area contributed by atoms with Crippen LogP contribution in [0.2, 0.25) is 0 Å². The van der Waals surface area contributed by atoms with Crippen LogP contribution in [0.25, 0.3) is 0 Å². The quantitative estimate of drug-likeness (QED) is 0.828. The molecule has 1 unspecified atom stereocenters. The summed E-state index contributed by atoms with van der Waals surface area (Å²) in [6, 6.07) is 5.80. The Morgan fingerprint density at radius 2 is 2.00 bits per heavy atom. The molecule has 1 aromatic carbocycles. The third-order valence-electron chi connectivity index (χ3n) is 4.79. The normalized spacial score (nSPS) is 17.7. The van der Waals surface area contributed by atoms with Gasteiger partial charge in [0.15, 0.2) is 0 Å². The van der Waals surface area contributed by atoms with Crippen LogP contribution in [-0.4, -0.2) is 35.0 Å². The summed E-state index contributed by atoms with van der Waals surface area (Å²) < 4.78 is 0. The van der Waals surface area contributed by atoms with E-state index >= 15 is 0 Å². The fourth-order valence-corrected chi connectivity index (χ4v) is 3.06. The van der Waals surface area contributed by atoms with Crippen molar-refractivity contribution in [1.29, 1.82) is 0 Å². The number of carboxylic acids is 1. The monoisotopic (exact) mass is 346 g/mol. The summed E-state index contributed by atoms with van der Waals surface area (Å²) in [4.78, 5) is 37.3. The Hall–Kier alpha value is -2.37. The Morgan fingerprint density at radius 3 is 2.64 bits per heavy atom. The molecule has 25 heavy (non-hydrogen) atoms. The predicted octanol–water partition coefficient (Wildman–Crippen LogP) is 2.42. The lowest BCUT2D eigenvalue weighted by molar-refractivity contribution is -0.138. The van der Waals surface area contributed by atoms with Gasteiger partial charge in [-0.15, -0.1) is 0 Å². The number of carbonyl (C=O) groups excluding carboxylic acids is 2. The molecular weight excluding hydrogens is 320 g/mol. The van der Waals surface area contributed by atoms with E-state index in [1.165, 1.54) is 0 Å². The van der Waals surface area contributed by atoms with E-state index in [9.17, 15) is 14.4 Å². The first kappa shape index (κ1) is 19.0. The van der Waals surface area contributed by atoms with Gasteiger partial charge in [-0.05, 0) is 51.3 Å². The molecule has 136 valence electrons. The van der Waals surface area contributed by atoms with Crippen molar-refractivity contribution in [2.45, 2.75) is 52.5 Å². The van der Waals surface area contributed by atoms with Crippen LogP contribution in [0.4, 0.5) is 5.69 Å². The fourth-order valence-electron chi connectivity index (χ4n) is 3.06. The molecule has 0 spiro atoms. The molecule has 6 nitrogen and oxygen atoms in total. The maximum atomic E-state index is 12.5. The lowest BCUT2D eigenvalue weighted by atomic mass is 9.96. The highest BCUT2D eigenvalue weighted by molar-refractivity contribution is 6.01. The van der Waals surface area contributed by atoms with Crippen LogP contribution in [0.5, 0.6) is 0 Å². The predicted molar refractivity (Wildman–Crippen MR) is 95.5 cm³/mol. The van der Waals surface area contributed by atoms with Gasteiger partial charge in [-0.1, -0.05) is 12.1 Å². The highest BCUT2D eigenvalue weighted by Gasteiger charge is 2.37. The van der Waals surface area contributed by atoms with E-state index in [1.807, 2.05) is 32.0 Å². The molecule has 1 saturated heterocycles. The first-order chi connectivity index (χ1) is 11.6. The van der Waals surface area contributed by atoms with Gasteiger partial charge in [0.2, 0.25) is 11.8 Å². The molecule has 0 bridgehead atoms. The van der Waals surface area contributed by atoms with E-state index in [1.54, 1.807) is 18.7 Å². The second-order valence-corrected chi connectivity index (χ2v) is 7.39. The zero-order valence-electron chi connectivity index (χ0n) is 15.3. The number of aryl methyl sites for hydroxylation is 1. The minimum Gasteiger partial charge on any atom is -0.481 e. The van der Waals surface area contributed by atoms with E-state index in [0.29, 0.717) is 13.0 Å². The molecule has 2 N–H and O–H groups in total. The molecule has 1 aliphatic heterocycles. The van der Waals surface area contributed by atoms with Gasteiger partial charge in [0.05, 0.1) is 5.92 Å². The first-order valence-corrected chi connectivity index (χ1v) is 8.51. The van der Waals surface area contributed by atoms with E-state index in [2.05, 4.69) is 5.32 Å². The standard InChI is InChI=1S/C19H26N2O4/c1-12-6-5-7-15(13(12)2)21-11-14(10-16(21)22)18(25)20-19(3,4)9-8-17(23)24/h5-7,14H,8-11H2,1-4H3,(H,20,25)(H,23,24). The van der Waals surface area contributed by atoms with E-state index < -0.39 is 17.4 Å². The molecule has 0 aliphatic carbocycles. The van der Waals surface area contributed by atoms with E-state index in [0.717, 1.165) is 16.8 Å². The van der Waals surface area contributed by atoms with Crippen molar-refractivity contribution in [2.75, 3.05) is 11.4 Å². The lowest BCUT2D eigenvalue weighted by Crippen LogP contribution is -2.46. The number of aliphatic carboxylic acids is 1. The largest absolute Gasteiger partial charge is 0.481 e. The molecule has 2 amide bonds. The van der Waals surface area contributed by atoms with E-state index in [-0.39, 0.29) is 24.7 Å². The van der Waals surface area contributed by atoms with Crippen LogP contribution >= 0.6 is 0 Å². The molecular formula is C19H26N2O4. The Morgan fingerprint density at radius 1 is 1.32 bits per heavy atom. The third kappa shape index (κ3) is 4.59. The van der Waals surface area contributed by atoms with E-state index in [4.69, 9.17) is 5.11 Å². The number of hydrogen-bond acceptors (Lipinski definition) is 3. The highest BCUT2D eigenvalue weighted by atomic mass is 16.4. The summed E-state index contributed by atoms with van der Waals surface area (Å²) in [5.74, 6) is -1.57. The van der Waals surface area contributed by atoms with Gasteiger partial charge < -0.3 is 15.3 Å². The van der Waals surface area contributed by atoms with Crippen LogP contribution < -0.4 is 10.2 Å². The average molecular weight is 346 g/mol. The summed E-state index contributed by atoms with van der Waals surface area (Å²) in [6.07, 6.45) is 0.509. The summed E-state index contributed by atoms with van der Waals surface area (Å²) in [5.41, 5.74) is 2.38. The molecule has 2 rings (SSSR count). The van der Waals surface area contributed by atoms with Crippen molar-refractivity contribution < 1.29 is 19.5 Å². The number of hydrogen-bond donors (Lipinski definition) is 2. The summed E-state index contributed by atoms with van der Waals surface area (Å²) in [5, 5.41) is 11.7. The molecule has 0 saturated carbocycles. The minimum absolute atomic E-state index is 0.00844.